The van der Waals surface area contributed by atoms with E-state index >= 15 is 0 Å². The van der Waals surface area contributed by atoms with Crippen molar-refractivity contribution in [2.45, 2.75) is 110 Å². The molecule has 0 radical (unpaired) electrons. The maximum atomic E-state index is 14.4. The molecule has 0 spiro atoms. The van der Waals surface area contributed by atoms with E-state index in [1.54, 1.807) is 4.90 Å². The van der Waals surface area contributed by atoms with Crippen LogP contribution in [0.25, 0.3) is 0 Å². The molecule has 2 saturated carbocycles. The van der Waals surface area contributed by atoms with Gasteiger partial charge in [0.25, 0.3) is 5.91 Å². The fraction of sp³-hybridized carbons (Fsp3) is 0.781. The summed E-state index contributed by atoms with van der Waals surface area (Å²) in [6, 6.07) is -3.89. The molecular weight excluding hydrogens is 598 g/mol. The number of Topliss-reactive ketones (excluding diaryl/α,β-unsaturated/α-hetero) is 1. The van der Waals surface area contributed by atoms with Crippen LogP contribution in [0, 0.1) is 29.1 Å². The lowest BCUT2D eigenvalue weighted by atomic mass is 9.82. The molecule has 6 unspecified atom stereocenters. The minimum atomic E-state index is -3.70. The topological polar surface area (TPSA) is 171 Å². The number of sulfonamides is 1. The molecule has 0 bridgehead atoms. The molecule has 2 aliphatic carbocycles. The molecule has 3 rings (SSSR count). The number of carbonyl (C=O) groups excluding carboxylic acids is 5. The van der Waals surface area contributed by atoms with E-state index in [2.05, 4.69) is 41.1 Å². The van der Waals surface area contributed by atoms with Crippen LogP contribution in [-0.4, -0.2) is 86.2 Å². The van der Waals surface area contributed by atoms with Gasteiger partial charge in [-0.15, -0.1) is 6.58 Å². The highest BCUT2D eigenvalue weighted by atomic mass is 32.2. The Labute approximate surface area is 268 Å². The first-order valence-electron chi connectivity index (χ1n) is 16.3. The van der Waals surface area contributed by atoms with E-state index in [1.807, 2.05) is 20.8 Å². The van der Waals surface area contributed by atoms with E-state index in [0.717, 1.165) is 38.4 Å². The van der Waals surface area contributed by atoms with Gasteiger partial charge in [-0.25, -0.2) is 13.1 Å². The largest absolute Gasteiger partial charge is 0.346 e. The summed E-state index contributed by atoms with van der Waals surface area (Å²) in [5.41, 5.74) is -0.199. The average molecular weight is 652 g/mol. The van der Waals surface area contributed by atoms with Gasteiger partial charge in [-0.1, -0.05) is 66.4 Å². The predicted octanol–water partition coefficient (Wildman–Crippen LogP) is 1.65. The average Bonchev–Trinajstić information content (AvgIpc) is 3.28. The van der Waals surface area contributed by atoms with E-state index in [-0.39, 0.29) is 54.4 Å². The zero-order valence-electron chi connectivity index (χ0n) is 27.7. The van der Waals surface area contributed by atoms with Crippen LogP contribution in [0.4, 0.5) is 0 Å². The van der Waals surface area contributed by atoms with Gasteiger partial charge in [0.15, 0.2) is 0 Å². The summed E-state index contributed by atoms with van der Waals surface area (Å²) in [4.78, 5) is 68.9. The molecule has 0 aromatic rings. The zero-order chi connectivity index (χ0) is 33.7. The molecule has 4 N–H and O–H groups in total. The second-order valence-electron chi connectivity index (χ2n) is 14.1. The second kappa shape index (κ2) is 15.2. The van der Waals surface area contributed by atoms with Gasteiger partial charge in [0.1, 0.15) is 18.1 Å². The molecule has 0 aromatic carbocycles. The maximum absolute atomic E-state index is 14.4. The van der Waals surface area contributed by atoms with Crippen molar-refractivity contribution in [2.75, 3.05) is 19.3 Å². The minimum Gasteiger partial charge on any atom is -0.346 e. The molecule has 0 aromatic heterocycles. The van der Waals surface area contributed by atoms with E-state index < -0.39 is 57.7 Å². The van der Waals surface area contributed by atoms with Crippen molar-refractivity contribution in [3.63, 3.8) is 0 Å². The summed E-state index contributed by atoms with van der Waals surface area (Å²) in [6.45, 7) is 13.7. The Hall–Kier alpha value is -2.80. The first kappa shape index (κ1) is 36.7. The van der Waals surface area contributed by atoms with E-state index in [9.17, 15) is 32.4 Å². The Morgan fingerprint density at radius 3 is 2.22 bits per heavy atom. The Kier molecular flexibility index (Phi) is 12.4. The van der Waals surface area contributed by atoms with Gasteiger partial charge in [-0.05, 0) is 54.8 Å². The monoisotopic (exact) mass is 651 g/mol. The molecular formula is C32H53N5O7S. The zero-order valence-corrected chi connectivity index (χ0v) is 28.5. The number of likely N-dealkylation sites (tertiary alicyclic amines) is 1. The van der Waals surface area contributed by atoms with Gasteiger partial charge in [-0.2, -0.15) is 0 Å². The molecule has 4 amide bonds. The van der Waals surface area contributed by atoms with E-state index in [1.165, 1.54) is 6.08 Å². The number of nitrogens with one attached hydrogen (secondary N) is 4. The quantitative estimate of drug-likeness (QED) is 0.145. The van der Waals surface area contributed by atoms with Crippen molar-refractivity contribution < 1.29 is 32.4 Å². The summed E-state index contributed by atoms with van der Waals surface area (Å²) < 4.78 is 26.6. The Balaban J connectivity index is 1.89. The molecule has 3 aliphatic rings. The minimum absolute atomic E-state index is 0.0115. The number of fused-ring (bicyclic) bond motifs is 1. The lowest BCUT2D eigenvalue weighted by molar-refractivity contribution is -0.146. The number of hydrogen-bond donors (Lipinski definition) is 4. The Bertz CT molecular complexity index is 1240. The fourth-order valence-corrected chi connectivity index (χ4v) is 7.98. The van der Waals surface area contributed by atoms with Crippen LogP contribution in [-0.2, 0) is 34.0 Å². The summed E-state index contributed by atoms with van der Waals surface area (Å²) in [5.74, 6) is -3.22. The molecule has 13 heteroatoms. The van der Waals surface area contributed by atoms with Gasteiger partial charge in [0.05, 0.1) is 12.3 Å². The third-order valence-corrected chi connectivity index (χ3v) is 10.4. The number of hydrogen-bond acceptors (Lipinski definition) is 7. The maximum Gasteiger partial charge on any atom is 0.289 e. The van der Waals surface area contributed by atoms with Crippen LogP contribution in [0.5, 0.6) is 0 Å². The first-order chi connectivity index (χ1) is 21.0. The highest BCUT2D eigenvalue weighted by Crippen LogP contribution is 2.65. The second-order valence-corrected chi connectivity index (χ2v) is 15.8. The van der Waals surface area contributed by atoms with Crippen LogP contribution >= 0.6 is 0 Å². The van der Waals surface area contributed by atoms with Gasteiger partial charge >= 0.3 is 0 Å². The third kappa shape index (κ3) is 9.15. The van der Waals surface area contributed by atoms with Crippen molar-refractivity contribution in [3.05, 3.63) is 12.7 Å². The van der Waals surface area contributed by atoms with Crippen LogP contribution < -0.4 is 20.7 Å². The Morgan fingerprint density at radius 1 is 1.02 bits per heavy atom. The van der Waals surface area contributed by atoms with Crippen LogP contribution in [0.1, 0.15) is 86.0 Å². The molecule has 254 valence electrons. The molecule has 6 atom stereocenters. The lowest BCUT2D eigenvalue weighted by Gasteiger charge is -2.37. The summed E-state index contributed by atoms with van der Waals surface area (Å²) in [5, 5.41) is 8.17. The molecule has 1 saturated heterocycles. The molecule has 12 nitrogen and oxygen atoms in total. The SMILES string of the molecule is C=CCNC(=O)C(=O)C(CCC)NC(=O)C1C2C(CN1C(=O)C(NC(=O)C(CC(C)C)NS(C)(=O)=O)C1CCCCC1)C2(C)C. The summed E-state index contributed by atoms with van der Waals surface area (Å²) in [7, 11) is -3.70. The van der Waals surface area contributed by atoms with Crippen LogP contribution in [0.3, 0.4) is 0 Å². The van der Waals surface area contributed by atoms with Gasteiger partial charge in [-0.3, -0.25) is 24.0 Å². The number of rotatable bonds is 16. The number of amides is 4. The van der Waals surface area contributed by atoms with Crippen molar-refractivity contribution in [1.82, 2.24) is 25.6 Å². The Morgan fingerprint density at radius 2 is 1.67 bits per heavy atom. The van der Waals surface area contributed by atoms with Gasteiger partial charge < -0.3 is 20.9 Å². The van der Waals surface area contributed by atoms with Crippen LogP contribution in [0.15, 0.2) is 12.7 Å². The van der Waals surface area contributed by atoms with Crippen molar-refractivity contribution in [1.29, 1.82) is 0 Å². The van der Waals surface area contributed by atoms with E-state index in [4.69, 9.17) is 0 Å². The predicted molar refractivity (Wildman–Crippen MR) is 171 cm³/mol. The first-order valence-corrected chi connectivity index (χ1v) is 18.2. The van der Waals surface area contributed by atoms with Crippen molar-refractivity contribution in [3.8, 4) is 0 Å². The molecule has 1 heterocycles. The molecule has 1 aliphatic heterocycles. The van der Waals surface area contributed by atoms with Gasteiger partial charge in [0, 0.05) is 13.1 Å². The number of nitrogens with zero attached hydrogens (tertiary/aromatic N) is 1. The van der Waals surface area contributed by atoms with Crippen molar-refractivity contribution >= 4 is 39.4 Å². The van der Waals surface area contributed by atoms with E-state index in [0.29, 0.717) is 13.0 Å². The lowest BCUT2D eigenvalue weighted by Crippen LogP contribution is -2.61. The smallest absolute Gasteiger partial charge is 0.289 e. The highest BCUT2D eigenvalue weighted by Gasteiger charge is 2.69. The normalized spacial score (nSPS) is 24.6. The van der Waals surface area contributed by atoms with Gasteiger partial charge in [0.2, 0.25) is 33.5 Å². The number of carbonyl (C=O) groups is 5. The van der Waals surface area contributed by atoms with Crippen LogP contribution in [0.2, 0.25) is 0 Å². The fourth-order valence-electron chi connectivity index (χ4n) is 7.26. The summed E-state index contributed by atoms with van der Waals surface area (Å²) >= 11 is 0. The highest BCUT2D eigenvalue weighted by molar-refractivity contribution is 7.88. The third-order valence-electron chi connectivity index (χ3n) is 9.67. The number of ketones is 1. The summed E-state index contributed by atoms with van der Waals surface area (Å²) in [6.07, 6.45) is 7.79. The van der Waals surface area contributed by atoms with Crippen molar-refractivity contribution in [2.24, 2.45) is 29.1 Å². The number of piperidine rings is 1. The molecule has 3 fully saturated rings. The molecule has 45 heavy (non-hydrogen) atoms. The standard InChI is InChI=1S/C32H53N5O7S/c1-8-13-22(27(38)30(41)33-16-9-2)34-29(40)26-24-21(32(24,5)6)18-37(26)31(42)25(20-14-11-10-12-15-20)35-28(39)23(17-19(3)4)36-45(7,43)44/h9,19-26,36H,2,8,10-18H2,1,3-7H3,(H,33,41)(H,34,40)(H,35,39).